The van der Waals surface area contributed by atoms with E-state index in [1.165, 1.54) is 6.20 Å². The quantitative estimate of drug-likeness (QED) is 0.528. The Morgan fingerprint density at radius 3 is 2.81 bits per heavy atom. The lowest BCUT2D eigenvalue weighted by Gasteiger charge is -2.05. The van der Waals surface area contributed by atoms with Crippen LogP contribution in [0.4, 0.5) is 11.5 Å². The predicted octanol–water partition coefficient (Wildman–Crippen LogP) is 1.33. The first kappa shape index (κ1) is 11.8. The number of hydrogen-bond acceptors (Lipinski definition) is 5. The highest BCUT2D eigenvalue weighted by molar-refractivity contribution is 6.36. The minimum atomic E-state index is -1.56. The zero-order chi connectivity index (χ0) is 12.1. The summed E-state index contributed by atoms with van der Waals surface area (Å²) < 4.78 is 0. The van der Waals surface area contributed by atoms with Gasteiger partial charge in [-0.25, -0.2) is 15.3 Å². The predicted molar refractivity (Wildman–Crippen MR) is 54.7 cm³/mol. The van der Waals surface area contributed by atoms with Gasteiger partial charge in [0.05, 0.1) is 11.9 Å². The monoisotopic (exact) mass is 222 g/mol. The van der Waals surface area contributed by atoms with E-state index >= 15 is 0 Å². The Morgan fingerprint density at radius 1 is 1.62 bits per heavy atom. The molecule has 0 atom stereocenters. The van der Waals surface area contributed by atoms with E-state index in [0.717, 1.165) is 0 Å². The number of carbonyl (C=O) groups excluding carboxylic acids is 1. The molecule has 1 amide bonds. The molecule has 84 valence electrons. The van der Waals surface area contributed by atoms with Crippen LogP contribution in [-0.4, -0.2) is 22.0 Å². The fraction of sp³-hybridized carbons (Fsp3) is 0.222. The fourth-order valence-corrected chi connectivity index (χ4v) is 1.12. The van der Waals surface area contributed by atoms with E-state index in [-0.39, 0.29) is 11.5 Å². The molecule has 1 aromatic rings. The number of pyridine rings is 1. The molecule has 1 rings (SSSR count). The van der Waals surface area contributed by atoms with Crippen LogP contribution in [0.15, 0.2) is 17.4 Å². The van der Waals surface area contributed by atoms with Gasteiger partial charge < -0.3 is 10.4 Å². The number of anilines is 1. The maximum Gasteiger partial charge on any atom is 0.394 e. The number of carboxylic acid groups (broad SMARTS) is 1. The summed E-state index contributed by atoms with van der Waals surface area (Å²) in [6, 6.07) is 1.54. The fourth-order valence-electron chi connectivity index (χ4n) is 1.12. The topological polar surface area (TPSA) is 116 Å². The summed E-state index contributed by atoms with van der Waals surface area (Å²) in [6.45, 7) is 1.84. The van der Waals surface area contributed by atoms with Crippen molar-refractivity contribution >= 4 is 23.4 Å². The van der Waals surface area contributed by atoms with E-state index in [2.05, 4.69) is 15.4 Å². The van der Waals surface area contributed by atoms with Crippen LogP contribution in [0.1, 0.15) is 12.5 Å². The Labute approximate surface area is 91.0 Å². The number of rotatable bonds is 3. The van der Waals surface area contributed by atoms with Gasteiger partial charge in [-0.2, -0.15) is 0 Å². The molecule has 0 spiro atoms. The molecule has 0 aromatic carbocycles. The highest BCUT2D eigenvalue weighted by Gasteiger charge is 2.12. The molecule has 0 bridgehead atoms. The number of aryl methyl sites for hydroxylation is 1. The van der Waals surface area contributed by atoms with Crippen LogP contribution in [0.2, 0.25) is 0 Å². The van der Waals surface area contributed by atoms with Crippen molar-refractivity contribution < 1.29 is 14.7 Å². The van der Waals surface area contributed by atoms with Gasteiger partial charge in [-0.3, -0.25) is 4.79 Å². The van der Waals surface area contributed by atoms with Gasteiger partial charge in [0.2, 0.25) is 0 Å². The van der Waals surface area contributed by atoms with Crippen molar-refractivity contribution in [3.05, 3.63) is 17.8 Å². The van der Waals surface area contributed by atoms with E-state index in [1.807, 2.05) is 6.92 Å². The van der Waals surface area contributed by atoms with Gasteiger partial charge in [-0.05, 0) is 12.5 Å². The second-order valence-corrected chi connectivity index (χ2v) is 2.93. The number of nitrogens with one attached hydrogen (secondary N) is 2. The first-order valence-corrected chi connectivity index (χ1v) is 4.49. The van der Waals surface area contributed by atoms with E-state index < -0.39 is 11.9 Å². The minimum absolute atomic E-state index is 0.260. The lowest BCUT2D eigenvalue weighted by Crippen LogP contribution is -2.21. The van der Waals surface area contributed by atoms with Gasteiger partial charge in [0.1, 0.15) is 0 Å². The van der Waals surface area contributed by atoms with E-state index in [1.54, 1.807) is 6.07 Å². The SMILES string of the molecule is CCc1cc(NC(=O)C(=O)O)cnc1N=N. The zero-order valence-corrected chi connectivity index (χ0v) is 8.52. The Bertz CT molecular complexity index is 444. The first-order chi connectivity index (χ1) is 7.58. The Kier molecular flexibility index (Phi) is 3.65. The van der Waals surface area contributed by atoms with Crippen molar-refractivity contribution in [2.24, 2.45) is 5.11 Å². The third-order valence-electron chi connectivity index (χ3n) is 1.88. The van der Waals surface area contributed by atoms with Gasteiger partial charge in [0.25, 0.3) is 0 Å². The van der Waals surface area contributed by atoms with Crippen molar-refractivity contribution in [2.75, 3.05) is 5.32 Å². The molecule has 0 radical (unpaired) electrons. The van der Waals surface area contributed by atoms with E-state index in [9.17, 15) is 9.59 Å². The molecule has 0 saturated heterocycles. The molecule has 0 unspecified atom stereocenters. The molecular formula is C9H10N4O3. The minimum Gasteiger partial charge on any atom is -0.474 e. The van der Waals surface area contributed by atoms with Gasteiger partial charge >= 0.3 is 11.9 Å². The second-order valence-electron chi connectivity index (χ2n) is 2.93. The molecule has 1 heterocycles. The lowest BCUT2D eigenvalue weighted by molar-refractivity contribution is -0.147. The van der Waals surface area contributed by atoms with Crippen LogP contribution < -0.4 is 5.32 Å². The smallest absolute Gasteiger partial charge is 0.394 e. The molecule has 7 heteroatoms. The summed E-state index contributed by atoms with van der Waals surface area (Å²) in [5.41, 5.74) is 7.79. The van der Waals surface area contributed by atoms with Crippen LogP contribution in [0.25, 0.3) is 0 Å². The van der Waals surface area contributed by atoms with Gasteiger partial charge in [0, 0.05) is 5.56 Å². The number of aliphatic carboxylic acids is 1. The lowest BCUT2D eigenvalue weighted by atomic mass is 10.2. The highest BCUT2D eigenvalue weighted by Crippen LogP contribution is 2.20. The standard InChI is InChI=1S/C9H10N4O3/c1-2-5-3-6(4-11-7(5)13-10)12-8(14)9(15)16/h3-4,10H,2H2,1H3,(H,12,14)(H,15,16). The van der Waals surface area contributed by atoms with Crippen LogP contribution in [-0.2, 0) is 16.0 Å². The highest BCUT2D eigenvalue weighted by atomic mass is 16.4. The molecule has 0 fully saturated rings. The number of carbonyl (C=O) groups is 2. The molecule has 16 heavy (non-hydrogen) atoms. The van der Waals surface area contributed by atoms with Crippen LogP contribution in [0.5, 0.6) is 0 Å². The van der Waals surface area contributed by atoms with Gasteiger partial charge in [-0.15, -0.1) is 5.11 Å². The molecule has 3 N–H and O–H groups in total. The zero-order valence-electron chi connectivity index (χ0n) is 8.52. The van der Waals surface area contributed by atoms with E-state index in [4.69, 9.17) is 10.6 Å². The van der Waals surface area contributed by atoms with Crippen molar-refractivity contribution in [2.45, 2.75) is 13.3 Å². The van der Waals surface area contributed by atoms with Crippen molar-refractivity contribution in [3.63, 3.8) is 0 Å². The summed E-state index contributed by atoms with van der Waals surface area (Å²) in [7, 11) is 0. The Balaban J connectivity index is 2.95. The molecule has 0 aliphatic carbocycles. The molecule has 7 nitrogen and oxygen atoms in total. The third-order valence-corrected chi connectivity index (χ3v) is 1.88. The average molecular weight is 222 g/mol. The summed E-state index contributed by atoms with van der Waals surface area (Å²) >= 11 is 0. The largest absolute Gasteiger partial charge is 0.474 e. The molecule has 0 aliphatic heterocycles. The number of hydrogen-bond donors (Lipinski definition) is 3. The third kappa shape index (κ3) is 2.59. The maximum atomic E-state index is 10.9. The van der Waals surface area contributed by atoms with Gasteiger partial charge in [0.15, 0.2) is 5.82 Å². The number of nitrogens with zero attached hydrogens (tertiary/aromatic N) is 2. The Hall–Kier alpha value is -2.31. The van der Waals surface area contributed by atoms with Crippen LogP contribution >= 0.6 is 0 Å². The van der Waals surface area contributed by atoms with Crippen molar-refractivity contribution in [1.29, 1.82) is 5.53 Å². The average Bonchev–Trinajstić information content (AvgIpc) is 2.28. The van der Waals surface area contributed by atoms with Gasteiger partial charge in [-0.1, -0.05) is 6.92 Å². The second kappa shape index (κ2) is 4.96. The molecule has 1 aromatic heterocycles. The maximum absolute atomic E-state index is 10.9. The van der Waals surface area contributed by atoms with Crippen molar-refractivity contribution in [3.8, 4) is 0 Å². The number of amides is 1. The van der Waals surface area contributed by atoms with Crippen LogP contribution in [0, 0.1) is 5.53 Å². The van der Waals surface area contributed by atoms with E-state index in [0.29, 0.717) is 12.0 Å². The number of aromatic nitrogens is 1. The normalized spacial score (nSPS) is 9.56. The summed E-state index contributed by atoms with van der Waals surface area (Å²) in [4.78, 5) is 25.0. The summed E-state index contributed by atoms with van der Waals surface area (Å²) in [5.74, 6) is -2.43. The summed E-state index contributed by atoms with van der Waals surface area (Å²) in [6.07, 6.45) is 1.84. The first-order valence-electron chi connectivity index (χ1n) is 4.49. The van der Waals surface area contributed by atoms with Crippen molar-refractivity contribution in [1.82, 2.24) is 4.98 Å². The van der Waals surface area contributed by atoms with Crippen LogP contribution in [0.3, 0.4) is 0 Å². The number of carboxylic acids is 1. The molecule has 0 saturated carbocycles. The molecule has 0 aliphatic rings. The summed E-state index contributed by atoms with van der Waals surface area (Å²) in [5, 5.41) is 13.8. The molecular weight excluding hydrogens is 212 g/mol. The Morgan fingerprint density at radius 2 is 2.31 bits per heavy atom.